The number of anilines is 1. The first kappa shape index (κ1) is 12.4. The molecule has 0 aliphatic rings. The Morgan fingerprint density at radius 3 is 2.56 bits per heavy atom. The number of aryl methyl sites for hydroxylation is 1. The van der Waals surface area contributed by atoms with Crippen LogP contribution in [0.15, 0.2) is 34.7 Å². The Hall–Kier alpha value is -2.10. The quantitative estimate of drug-likeness (QED) is 0.881. The molecular formula is C14H17NO3. The van der Waals surface area contributed by atoms with Crippen LogP contribution in [-0.2, 0) is 6.54 Å². The van der Waals surface area contributed by atoms with Crippen molar-refractivity contribution in [3.05, 3.63) is 41.9 Å². The Bertz CT molecular complexity index is 520. The summed E-state index contributed by atoms with van der Waals surface area (Å²) >= 11 is 0. The monoisotopic (exact) mass is 247 g/mol. The van der Waals surface area contributed by atoms with Crippen molar-refractivity contribution < 1.29 is 13.9 Å². The largest absolute Gasteiger partial charge is 0.497 e. The second-order valence-electron chi connectivity index (χ2n) is 3.93. The van der Waals surface area contributed by atoms with E-state index < -0.39 is 0 Å². The number of hydrogen-bond acceptors (Lipinski definition) is 4. The molecule has 1 heterocycles. The van der Waals surface area contributed by atoms with Gasteiger partial charge in [-0.25, -0.2) is 0 Å². The van der Waals surface area contributed by atoms with E-state index in [4.69, 9.17) is 13.9 Å². The van der Waals surface area contributed by atoms with Crippen LogP contribution in [0.5, 0.6) is 11.5 Å². The van der Waals surface area contributed by atoms with Crippen LogP contribution in [-0.4, -0.2) is 14.2 Å². The molecule has 96 valence electrons. The lowest BCUT2D eigenvalue weighted by Crippen LogP contribution is -2.01. The third-order valence-electron chi connectivity index (χ3n) is 2.66. The fourth-order valence-corrected chi connectivity index (χ4v) is 1.71. The molecule has 0 unspecified atom stereocenters. The molecule has 4 nitrogen and oxygen atoms in total. The van der Waals surface area contributed by atoms with E-state index in [1.54, 1.807) is 14.2 Å². The van der Waals surface area contributed by atoms with Gasteiger partial charge in [0.1, 0.15) is 23.0 Å². The number of nitrogens with one attached hydrogen (secondary N) is 1. The molecule has 0 bridgehead atoms. The SMILES string of the molecule is COc1ccc(OC)c(NCc2ccc(C)o2)c1. The Morgan fingerprint density at radius 1 is 1.11 bits per heavy atom. The highest BCUT2D eigenvalue weighted by molar-refractivity contribution is 5.59. The number of methoxy groups -OCH3 is 2. The van der Waals surface area contributed by atoms with Gasteiger partial charge in [0, 0.05) is 6.07 Å². The number of benzene rings is 1. The van der Waals surface area contributed by atoms with Crippen molar-refractivity contribution in [3.8, 4) is 11.5 Å². The van der Waals surface area contributed by atoms with E-state index in [0.29, 0.717) is 6.54 Å². The molecule has 2 rings (SSSR count). The molecule has 1 aromatic carbocycles. The van der Waals surface area contributed by atoms with Crippen molar-refractivity contribution in [2.24, 2.45) is 0 Å². The predicted molar refractivity (Wildman–Crippen MR) is 70.3 cm³/mol. The van der Waals surface area contributed by atoms with Gasteiger partial charge in [0.2, 0.25) is 0 Å². The first-order chi connectivity index (χ1) is 8.72. The Morgan fingerprint density at radius 2 is 1.94 bits per heavy atom. The van der Waals surface area contributed by atoms with Crippen LogP contribution < -0.4 is 14.8 Å². The van der Waals surface area contributed by atoms with Crippen molar-refractivity contribution in [1.29, 1.82) is 0 Å². The molecule has 0 saturated heterocycles. The van der Waals surface area contributed by atoms with Gasteiger partial charge >= 0.3 is 0 Å². The Balaban J connectivity index is 2.11. The third kappa shape index (κ3) is 2.77. The van der Waals surface area contributed by atoms with E-state index in [1.807, 2.05) is 37.3 Å². The summed E-state index contributed by atoms with van der Waals surface area (Å²) < 4.78 is 16.0. The zero-order chi connectivity index (χ0) is 13.0. The summed E-state index contributed by atoms with van der Waals surface area (Å²) in [5.41, 5.74) is 0.880. The number of hydrogen-bond donors (Lipinski definition) is 1. The molecule has 0 aliphatic heterocycles. The molecule has 0 amide bonds. The molecule has 0 spiro atoms. The minimum atomic E-state index is 0.608. The van der Waals surface area contributed by atoms with Crippen LogP contribution in [0, 0.1) is 6.92 Å². The minimum Gasteiger partial charge on any atom is -0.497 e. The maximum atomic E-state index is 5.50. The van der Waals surface area contributed by atoms with Crippen LogP contribution >= 0.6 is 0 Å². The maximum absolute atomic E-state index is 5.50. The topological polar surface area (TPSA) is 43.6 Å². The van der Waals surface area contributed by atoms with Crippen LogP contribution in [0.1, 0.15) is 11.5 Å². The van der Waals surface area contributed by atoms with E-state index in [9.17, 15) is 0 Å². The van der Waals surface area contributed by atoms with Gasteiger partial charge in [-0.15, -0.1) is 0 Å². The molecule has 4 heteroatoms. The lowest BCUT2D eigenvalue weighted by molar-refractivity contribution is 0.404. The summed E-state index contributed by atoms with van der Waals surface area (Å²) in [4.78, 5) is 0. The lowest BCUT2D eigenvalue weighted by atomic mass is 10.2. The van der Waals surface area contributed by atoms with Gasteiger partial charge in [0.05, 0.1) is 26.5 Å². The van der Waals surface area contributed by atoms with Gasteiger partial charge < -0.3 is 19.2 Å². The highest BCUT2D eigenvalue weighted by Gasteiger charge is 2.05. The molecule has 1 aromatic heterocycles. The first-order valence-corrected chi connectivity index (χ1v) is 5.74. The van der Waals surface area contributed by atoms with E-state index in [2.05, 4.69) is 5.32 Å². The van der Waals surface area contributed by atoms with E-state index >= 15 is 0 Å². The Labute approximate surface area is 107 Å². The predicted octanol–water partition coefficient (Wildman–Crippen LogP) is 3.22. The average molecular weight is 247 g/mol. The molecule has 0 radical (unpaired) electrons. The second-order valence-corrected chi connectivity index (χ2v) is 3.93. The van der Waals surface area contributed by atoms with Gasteiger partial charge in [-0.3, -0.25) is 0 Å². The minimum absolute atomic E-state index is 0.608. The summed E-state index contributed by atoms with van der Waals surface area (Å²) in [6.45, 7) is 2.53. The van der Waals surface area contributed by atoms with Gasteiger partial charge in [-0.1, -0.05) is 0 Å². The van der Waals surface area contributed by atoms with Gasteiger partial charge in [0.15, 0.2) is 0 Å². The van der Waals surface area contributed by atoms with Crippen LogP contribution in [0.4, 0.5) is 5.69 Å². The average Bonchev–Trinajstić information content (AvgIpc) is 2.81. The number of ether oxygens (including phenoxy) is 2. The van der Waals surface area contributed by atoms with Gasteiger partial charge in [0.25, 0.3) is 0 Å². The van der Waals surface area contributed by atoms with E-state index in [0.717, 1.165) is 28.7 Å². The van der Waals surface area contributed by atoms with Crippen LogP contribution in [0.3, 0.4) is 0 Å². The van der Waals surface area contributed by atoms with E-state index in [-0.39, 0.29) is 0 Å². The molecule has 0 fully saturated rings. The molecule has 18 heavy (non-hydrogen) atoms. The second kappa shape index (κ2) is 5.49. The number of rotatable bonds is 5. The zero-order valence-corrected chi connectivity index (χ0v) is 10.8. The summed E-state index contributed by atoms with van der Waals surface area (Å²) in [6, 6.07) is 9.53. The maximum Gasteiger partial charge on any atom is 0.142 e. The molecule has 0 aliphatic carbocycles. The van der Waals surface area contributed by atoms with Gasteiger partial charge in [-0.2, -0.15) is 0 Å². The summed E-state index contributed by atoms with van der Waals surface area (Å²) in [5.74, 6) is 3.36. The standard InChI is InChI=1S/C14H17NO3/c1-10-4-5-12(18-10)9-15-13-8-11(16-2)6-7-14(13)17-3/h4-8,15H,9H2,1-3H3. The molecule has 0 saturated carbocycles. The zero-order valence-electron chi connectivity index (χ0n) is 10.8. The van der Waals surface area contributed by atoms with Crippen molar-refractivity contribution in [2.45, 2.75) is 13.5 Å². The fourth-order valence-electron chi connectivity index (χ4n) is 1.71. The molecular weight excluding hydrogens is 230 g/mol. The smallest absolute Gasteiger partial charge is 0.142 e. The summed E-state index contributed by atoms with van der Waals surface area (Å²) in [7, 11) is 3.28. The summed E-state index contributed by atoms with van der Waals surface area (Å²) in [6.07, 6.45) is 0. The fraction of sp³-hybridized carbons (Fsp3) is 0.286. The van der Waals surface area contributed by atoms with Crippen molar-refractivity contribution >= 4 is 5.69 Å². The first-order valence-electron chi connectivity index (χ1n) is 5.74. The molecule has 0 atom stereocenters. The molecule has 1 N–H and O–H groups in total. The lowest BCUT2D eigenvalue weighted by Gasteiger charge is -2.11. The van der Waals surface area contributed by atoms with Crippen molar-refractivity contribution in [1.82, 2.24) is 0 Å². The Kier molecular flexibility index (Phi) is 3.77. The van der Waals surface area contributed by atoms with Gasteiger partial charge in [-0.05, 0) is 31.2 Å². The van der Waals surface area contributed by atoms with Crippen LogP contribution in [0.2, 0.25) is 0 Å². The highest BCUT2D eigenvalue weighted by atomic mass is 16.5. The normalized spacial score (nSPS) is 10.2. The van der Waals surface area contributed by atoms with Crippen molar-refractivity contribution in [2.75, 3.05) is 19.5 Å². The highest BCUT2D eigenvalue weighted by Crippen LogP contribution is 2.29. The van der Waals surface area contributed by atoms with Crippen molar-refractivity contribution in [3.63, 3.8) is 0 Å². The summed E-state index contributed by atoms with van der Waals surface area (Å²) in [5, 5.41) is 3.27. The van der Waals surface area contributed by atoms with E-state index in [1.165, 1.54) is 0 Å². The third-order valence-corrected chi connectivity index (χ3v) is 2.66. The van der Waals surface area contributed by atoms with Crippen LogP contribution in [0.25, 0.3) is 0 Å². The number of furan rings is 1. The molecule has 2 aromatic rings.